The van der Waals surface area contributed by atoms with Gasteiger partial charge in [-0.25, -0.2) is 0 Å². The zero-order valence-electron chi connectivity index (χ0n) is 14.8. The Hall–Kier alpha value is -1.85. The van der Waals surface area contributed by atoms with E-state index < -0.39 is 0 Å². The lowest BCUT2D eigenvalue weighted by Gasteiger charge is -2.41. The van der Waals surface area contributed by atoms with Crippen molar-refractivity contribution >= 4 is 11.8 Å². The maximum atomic E-state index is 12.5. The number of amides is 2. The van der Waals surface area contributed by atoms with Crippen molar-refractivity contribution in [1.82, 2.24) is 19.6 Å². The topological polar surface area (TPSA) is 58.4 Å². The number of nitrogens with zero attached hydrogens (tertiary/aromatic N) is 4. The van der Waals surface area contributed by atoms with Crippen LogP contribution in [0.5, 0.6) is 0 Å². The summed E-state index contributed by atoms with van der Waals surface area (Å²) >= 11 is 0. The fraction of sp³-hybridized carbons (Fsp3) is 0.722. The average molecular weight is 332 g/mol. The van der Waals surface area contributed by atoms with Gasteiger partial charge in [-0.1, -0.05) is 19.8 Å². The lowest BCUT2D eigenvalue weighted by molar-refractivity contribution is -0.150. The highest BCUT2D eigenvalue weighted by atomic mass is 16.2. The van der Waals surface area contributed by atoms with Crippen LogP contribution in [0.3, 0.4) is 0 Å². The van der Waals surface area contributed by atoms with Crippen molar-refractivity contribution in [1.29, 1.82) is 0 Å². The Morgan fingerprint density at radius 3 is 2.42 bits per heavy atom. The minimum Gasteiger partial charge on any atom is -0.342 e. The van der Waals surface area contributed by atoms with E-state index in [9.17, 15) is 9.59 Å². The third kappa shape index (κ3) is 3.79. The summed E-state index contributed by atoms with van der Waals surface area (Å²) in [5, 5.41) is 4.33. The van der Waals surface area contributed by atoms with E-state index in [1.54, 1.807) is 0 Å². The molecule has 0 aliphatic carbocycles. The van der Waals surface area contributed by atoms with Gasteiger partial charge < -0.3 is 9.80 Å². The van der Waals surface area contributed by atoms with Crippen LogP contribution < -0.4 is 0 Å². The van der Waals surface area contributed by atoms with E-state index in [1.807, 2.05) is 40.6 Å². The fourth-order valence-electron chi connectivity index (χ4n) is 3.60. The third-order valence-corrected chi connectivity index (χ3v) is 5.12. The van der Waals surface area contributed by atoms with E-state index in [1.165, 1.54) is 12.8 Å². The number of aromatic nitrogens is 2. The molecule has 2 aliphatic rings. The van der Waals surface area contributed by atoms with Crippen LogP contribution in [-0.2, 0) is 16.1 Å². The Balaban J connectivity index is 1.46. The molecule has 24 heavy (non-hydrogen) atoms. The van der Waals surface area contributed by atoms with Gasteiger partial charge in [0.15, 0.2) is 0 Å². The molecule has 1 atom stereocenters. The molecule has 0 spiro atoms. The van der Waals surface area contributed by atoms with Gasteiger partial charge in [-0.3, -0.25) is 14.3 Å². The summed E-state index contributed by atoms with van der Waals surface area (Å²) in [6, 6.07) is 1.94. The molecule has 0 radical (unpaired) electrons. The summed E-state index contributed by atoms with van der Waals surface area (Å²) in [6.45, 7) is 7.40. The molecule has 3 rings (SSSR count). The first kappa shape index (κ1) is 17.0. The number of carbonyl (C=O) groups excluding carboxylic acids is 2. The Labute approximate surface area is 143 Å². The van der Waals surface area contributed by atoms with Gasteiger partial charge in [-0.05, 0) is 25.8 Å². The van der Waals surface area contributed by atoms with E-state index in [2.05, 4.69) is 5.10 Å². The molecule has 0 aromatic carbocycles. The predicted molar refractivity (Wildman–Crippen MR) is 91.2 cm³/mol. The first-order valence-corrected chi connectivity index (χ1v) is 9.12. The average Bonchev–Trinajstić information content (AvgIpc) is 2.76. The predicted octanol–water partition coefficient (Wildman–Crippen LogP) is 1.69. The van der Waals surface area contributed by atoms with Crippen LogP contribution in [0, 0.1) is 18.8 Å². The smallest absolute Gasteiger partial charge is 0.229 e. The van der Waals surface area contributed by atoms with Crippen molar-refractivity contribution in [2.24, 2.45) is 11.8 Å². The minimum atomic E-state index is -0.112. The summed E-state index contributed by atoms with van der Waals surface area (Å²) in [6.07, 6.45) is 6.58. The lowest BCUT2D eigenvalue weighted by atomic mass is 9.96. The Morgan fingerprint density at radius 2 is 1.83 bits per heavy atom. The number of likely N-dealkylation sites (tertiary alicyclic amines) is 2. The molecule has 2 fully saturated rings. The van der Waals surface area contributed by atoms with Crippen molar-refractivity contribution in [3.05, 3.63) is 18.0 Å². The standard InChI is InChI=1S/C18H28N4O2/c1-14(11-22-10-7-15(2)19-22)17(23)21-12-16(13-21)18(24)20-8-5-3-4-6-9-20/h7,10,14,16H,3-6,8-9,11-13H2,1-2H3. The fourth-order valence-corrected chi connectivity index (χ4v) is 3.60. The third-order valence-electron chi connectivity index (χ3n) is 5.12. The monoisotopic (exact) mass is 332 g/mol. The number of hydrogen-bond donors (Lipinski definition) is 0. The molecule has 2 aliphatic heterocycles. The van der Waals surface area contributed by atoms with Crippen LogP contribution in [-0.4, -0.2) is 57.6 Å². The van der Waals surface area contributed by atoms with Gasteiger partial charge in [-0.15, -0.1) is 0 Å². The zero-order chi connectivity index (χ0) is 17.1. The van der Waals surface area contributed by atoms with Gasteiger partial charge in [0.2, 0.25) is 11.8 Å². The van der Waals surface area contributed by atoms with Crippen molar-refractivity contribution in [3.8, 4) is 0 Å². The highest BCUT2D eigenvalue weighted by Gasteiger charge is 2.39. The van der Waals surface area contributed by atoms with Crippen molar-refractivity contribution in [2.45, 2.75) is 46.1 Å². The second-order valence-corrected chi connectivity index (χ2v) is 7.26. The maximum absolute atomic E-state index is 12.5. The first-order valence-electron chi connectivity index (χ1n) is 9.12. The van der Waals surface area contributed by atoms with Gasteiger partial charge >= 0.3 is 0 Å². The Bertz CT molecular complexity index is 584. The van der Waals surface area contributed by atoms with E-state index in [4.69, 9.17) is 0 Å². The normalized spacial score (nSPS) is 20.4. The molecular weight excluding hydrogens is 304 g/mol. The molecule has 6 heteroatoms. The Kier molecular flexibility index (Phi) is 5.21. The summed E-state index contributed by atoms with van der Waals surface area (Å²) in [4.78, 5) is 28.9. The largest absolute Gasteiger partial charge is 0.342 e. The van der Waals surface area contributed by atoms with Gasteiger partial charge in [-0.2, -0.15) is 5.10 Å². The minimum absolute atomic E-state index is 0.00574. The molecule has 132 valence electrons. The van der Waals surface area contributed by atoms with Crippen LogP contribution in [0.4, 0.5) is 0 Å². The zero-order valence-corrected chi connectivity index (χ0v) is 14.8. The van der Waals surface area contributed by atoms with Gasteiger partial charge in [0, 0.05) is 32.4 Å². The van der Waals surface area contributed by atoms with Crippen LogP contribution >= 0.6 is 0 Å². The van der Waals surface area contributed by atoms with Gasteiger partial charge in [0.05, 0.1) is 24.1 Å². The number of aryl methyl sites for hydroxylation is 1. The van der Waals surface area contributed by atoms with Crippen LogP contribution in [0.25, 0.3) is 0 Å². The van der Waals surface area contributed by atoms with E-state index in [0.717, 1.165) is 31.6 Å². The molecule has 1 unspecified atom stereocenters. The number of rotatable bonds is 4. The maximum Gasteiger partial charge on any atom is 0.229 e. The van der Waals surface area contributed by atoms with E-state index >= 15 is 0 Å². The van der Waals surface area contributed by atoms with Crippen LogP contribution in [0.15, 0.2) is 12.3 Å². The summed E-state index contributed by atoms with van der Waals surface area (Å²) in [5.74, 6) is 0.268. The second kappa shape index (κ2) is 7.36. The molecule has 0 N–H and O–H groups in total. The summed E-state index contributed by atoms with van der Waals surface area (Å²) in [5.41, 5.74) is 0.960. The molecule has 2 saturated heterocycles. The van der Waals surface area contributed by atoms with E-state index in [0.29, 0.717) is 19.6 Å². The number of hydrogen-bond acceptors (Lipinski definition) is 3. The van der Waals surface area contributed by atoms with Gasteiger partial charge in [0.25, 0.3) is 0 Å². The van der Waals surface area contributed by atoms with Crippen molar-refractivity contribution in [3.63, 3.8) is 0 Å². The van der Waals surface area contributed by atoms with E-state index in [-0.39, 0.29) is 23.7 Å². The Morgan fingerprint density at radius 1 is 1.17 bits per heavy atom. The molecule has 0 saturated carbocycles. The molecule has 6 nitrogen and oxygen atoms in total. The molecule has 1 aromatic rings. The van der Waals surface area contributed by atoms with Crippen LogP contribution in [0.2, 0.25) is 0 Å². The first-order chi connectivity index (χ1) is 11.5. The highest BCUT2D eigenvalue weighted by Crippen LogP contribution is 2.22. The van der Waals surface area contributed by atoms with Crippen LogP contribution in [0.1, 0.15) is 38.3 Å². The second-order valence-electron chi connectivity index (χ2n) is 7.26. The highest BCUT2D eigenvalue weighted by molar-refractivity contribution is 5.85. The number of carbonyl (C=O) groups is 2. The molecule has 2 amide bonds. The molecule has 3 heterocycles. The quantitative estimate of drug-likeness (QED) is 0.843. The molecule has 0 bridgehead atoms. The molecule has 1 aromatic heterocycles. The van der Waals surface area contributed by atoms with Crippen molar-refractivity contribution in [2.75, 3.05) is 26.2 Å². The summed E-state index contributed by atoms with van der Waals surface area (Å²) < 4.78 is 1.82. The van der Waals surface area contributed by atoms with Gasteiger partial charge in [0.1, 0.15) is 0 Å². The van der Waals surface area contributed by atoms with Crippen molar-refractivity contribution < 1.29 is 9.59 Å². The molecular formula is C18H28N4O2. The SMILES string of the molecule is Cc1ccn(CC(C)C(=O)N2CC(C(=O)N3CCCCCC3)C2)n1. The lowest BCUT2D eigenvalue weighted by Crippen LogP contribution is -2.57. The summed E-state index contributed by atoms with van der Waals surface area (Å²) in [7, 11) is 0.